The molecule has 1 amide bonds. The maximum atomic E-state index is 12.8. The van der Waals surface area contributed by atoms with Crippen LogP contribution in [0.15, 0.2) is 35.2 Å². The first-order valence-corrected chi connectivity index (χ1v) is 12.3. The molecule has 1 aliphatic heterocycles. The number of nitrogens with zero attached hydrogens (tertiary/aromatic N) is 2. The smallest absolute Gasteiger partial charge is 0.266 e. The number of ether oxygens (including phenoxy) is 1. The van der Waals surface area contributed by atoms with Crippen LogP contribution in [0.4, 0.5) is 0 Å². The van der Waals surface area contributed by atoms with E-state index in [4.69, 9.17) is 17.0 Å². The van der Waals surface area contributed by atoms with Crippen molar-refractivity contribution in [2.45, 2.75) is 51.9 Å². The zero-order chi connectivity index (χ0) is 22.0. The Kier molecular flexibility index (Phi) is 6.99. The van der Waals surface area contributed by atoms with Gasteiger partial charge in [0.1, 0.15) is 4.32 Å². The first-order valence-electron chi connectivity index (χ1n) is 11.0. The lowest BCUT2D eigenvalue weighted by molar-refractivity contribution is -0.122. The second-order valence-electron chi connectivity index (χ2n) is 8.41. The van der Waals surface area contributed by atoms with E-state index in [1.54, 1.807) is 12.0 Å². The van der Waals surface area contributed by atoms with Crippen LogP contribution >= 0.6 is 24.0 Å². The van der Waals surface area contributed by atoms with Crippen LogP contribution in [0.5, 0.6) is 0 Å². The van der Waals surface area contributed by atoms with Crippen LogP contribution in [0.25, 0.3) is 11.8 Å². The summed E-state index contributed by atoms with van der Waals surface area (Å²) in [6.45, 7) is 5.19. The average molecular weight is 455 g/mol. The van der Waals surface area contributed by atoms with Crippen molar-refractivity contribution in [3.63, 3.8) is 0 Å². The van der Waals surface area contributed by atoms with Gasteiger partial charge in [-0.2, -0.15) is 0 Å². The summed E-state index contributed by atoms with van der Waals surface area (Å²) in [6.07, 6.45) is 8.68. The summed E-state index contributed by atoms with van der Waals surface area (Å²) in [5.41, 5.74) is 5.97. The fourth-order valence-corrected chi connectivity index (χ4v) is 5.98. The van der Waals surface area contributed by atoms with E-state index < -0.39 is 0 Å². The highest BCUT2D eigenvalue weighted by molar-refractivity contribution is 8.26. The molecule has 4 rings (SSSR count). The monoisotopic (exact) mass is 454 g/mol. The van der Waals surface area contributed by atoms with E-state index in [1.165, 1.54) is 55.1 Å². The highest BCUT2D eigenvalue weighted by atomic mass is 32.2. The molecule has 0 unspecified atom stereocenters. The molecule has 2 fully saturated rings. The molecule has 2 aromatic rings. The Morgan fingerprint density at radius 2 is 1.87 bits per heavy atom. The van der Waals surface area contributed by atoms with Gasteiger partial charge < -0.3 is 9.30 Å². The molecule has 2 aliphatic rings. The molecule has 1 aromatic carbocycles. The first-order chi connectivity index (χ1) is 15.0. The molecule has 0 spiro atoms. The van der Waals surface area contributed by atoms with E-state index in [1.807, 2.05) is 6.08 Å². The Balaban J connectivity index is 1.57. The highest BCUT2D eigenvalue weighted by Crippen LogP contribution is 2.35. The standard InChI is InChI=1S/C25H30N2O2S2/c1-17-15-21(16-23-24(28)26(13-14-29-3)25(30)31-23)18(2)27(17)22-11-9-20(10-12-22)19-7-5-4-6-8-19/h9-12,15-16,19H,4-8,13-14H2,1-3H3/b23-16-. The molecule has 1 saturated heterocycles. The van der Waals surface area contributed by atoms with Crippen molar-refractivity contribution in [2.24, 2.45) is 0 Å². The minimum absolute atomic E-state index is 0.0336. The number of benzene rings is 1. The predicted octanol–water partition coefficient (Wildman–Crippen LogP) is 5.99. The molecule has 6 heteroatoms. The third-order valence-electron chi connectivity index (χ3n) is 6.38. The number of hydrogen-bond donors (Lipinski definition) is 0. The number of rotatable bonds is 6. The average Bonchev–Trinajstić information content (AvgIpc) is 3.21. The number of aryl methyl sites for hydroxylation is 1. The maximum absolute atomic E-state index is 12.8. The fourth-order valence-electron chi connectivity index (χ4n) is 4.68. The van der Waals surface area contributed by atoms with Crippen molar-refractivity contribution in [3.05, 3.63) is 57.8 Å². The molecule has 0 radical (unpaired) electrons. The summed E-state index contributed by atoms with van der Waals surface area (Å²) in [4.78, 5) is 15.1. The highest BCUT2D eigenvalue weighted by Gasteiger charge is 2.32. The quantitative estimate of drug-likeness (QED) is 0.397. The molecule has 2 heterocycles. The van der Waals surface area contributed by atoms with Crippen molar-refractivity contribution in [2.75, 3.05) is 20.3 Å². The number of carbonyl (C=O) groups is 1. The number of hydrogen-bond acceptors (Lipinski definition) is 4. The van der Waals surface area contributed by atoms with Crippen molar-refractivity contribution in [1.29, 1.82) is 0 Å². The molecule has 1 aliphatic carbocycles. The molecule has 4 nitrogen and oxygen atoms in total. The SMILES string of the molecule is COCCN1C(=O)/C(=C/c2cc(C)n(-c3ccc(C4CCCCC4)cc3)c2C)SC1=S. The summed E-state index contributed by atoms with van der Waals surface area (Å²) < 4.78 is 7.97. The van der Waals surface area contributed by atoms with Crippen molar-refractivity contribution >= 4 is 40.3 Å². The summed E-state index contributed by atoms with van der Waals surface area (Å²) in [6, 6.07) is 11.2. The number of aromatic nitrogens is 1. The molecule has 0 atom stereocenters. The van der Waals surface area contributed by atoms with Crippen LogP contribution in [0, 0.1) is 13.8 Å². The molecule has 31 heavy (non-hydrogen) atoms. The molecule has 1 saturated carbocycles. The number of thioether (sulfide) groups is 1. The zero-order valence-corrected chi connectivity index (χ0v) is 20.2. The number of amides is 1. The first kappa shape index (κ1) is 22.3. The summed E-state index contributed by atoms with van der Waals surface area (Å²) in [5.74, 6) is 0.680. The maximum Gasteiger partial charge on any atom is 0.266 e. The summed E-state index contributed by atoms with van der Waals surface area (Å²) in [5, 5.41) is 0. The number of methoxy groups -OCH3 is 1. The van der Waals surface area contributed by atoms with Crippen LogP contribution in [-0.2, 0) is 9.53 Å². The van der Waals surface area contributed by atoms with Crippen LogP contribution < -0.4 is 0 Å². The van der Waals surface area contributed by atoms with Crippen molar-refractivity contribution in [3.8, 4) is 5.69 Å². The second kappa shape index (κ2) is 9.72. The zero-order valence-electron chi connectivity index (χ0n) is 18.5. The van der Waals surface area contributed by atoms with Gasteiger partial charge >= 0.3 is 0 Å². The Morgan fingerprint density at radius 1 is 1.16 bits per heavy atom. The number of carbonyl (C=O) groups excluding carboxylic acids is 1. The second-order valence-corrected chi connectivity index (χ2v) is 10.1. The minimum Gasteiger partial charge on any atom is -0.383 e. The lowest BCUT2D eigenvalue weighted by atomic mass is 9.84. The Hall–Kier alpha value is -1.89. The fraction of sp³-hybridized carbons (Fsp3) is 0.440. The van der Waals surface area contributed by atoms with Gasteiger partial charge in [-0.3, -0.25) is 9.69 Å². The van der Waals surface area contributed by atoms with Gasteiger partial charge in [0.15, 0.2) is 0 Å². The molecule has 0 N–H and O–H groups in total. The van der Waals surface area contributed by atoms with Crippen LogP contribution in [0.1, 0.15) is 60.5 Å². The third kappa shape index (κ3) is 4.66. The Bertz CT molecular complexity index is 1000. The van der Waals surface area contributed by atoms with Crippen LogP contribution in [-0.4, -0.2) is 40.0 Å². The van der Waals surface area contributed by atoms with E-state index in [9.17, 15) is 4.79 Å². The van der Waals surface area contributed by atoms with E-state index in [2.05, 4.69) is 48.7 Å². The van der Waals surface area contributed by atoms with Crippen LogP contribution in [0.2, 0.25) is 0 Å². The minimum atomic E-state index is -0.0336. The van der Waals surface area contributed by atoms with Crippen molar-refractivity contribution < 1.29 is 9.53 Å². The van der Waals surface area contributed by atoms with Gasteiger partial charge in [0.2, 0.25) is 0 Å². The van der Waals surface area contributed by atoms with Crippen LogP contribution in [0.3, 0.4) is 0 Å². The van der Waals surface area contributed by atoms with E-state index in [0.717, 1.165) is 17.0 Å². The summed E-state index contributed by atoms with van der Waals surface area (Å²) >= 11 is 6.77. The Morgan fingerprint density at radius 3 is 2.55 bits per heavy atom. The van der Waals surface area contributed by atoms with E-state index >= 15 is 0 Å². The topological polar surface area (TPSA) is 34.5 Å². The molecule has 1 aromatic heterocycles. The third-order valence-corrected chi connectivity index (χ3v) is 7.76. The molecular formula is C25H30N2O2S2. The molecule has 164 valence electrons. The Labute approximate surface area is 194 Å². The molecular weight excluding hydrogens is 424 g/mol. The van der Waals surface area contributed by atoms with Gasteiger partial charge in [-0.05, 0) is 68.0 Å². The molecule has 0 bridgehead atoms. The normalized spacial score (nSPS) is 19.1. The van der Waals surface area contributed by atoms with E-state index in [0.29, 0.717) is 28.3 Å². The van der Waals surface area contributed by atoms with Gasteiger partial charge in [-0.15, -0.1) is 0 Å². The van der Waals surface area contributed by atoms with Gasteiger partial charge in [0, 0.05) is 24.2 Å². The number of thiocarbonyl (C=S) groups is 1. The predicted molar refractivity (Wildman–Crippen MR) is 133 cm³/mol. The lowest BCUT2D eigenvalue weighted by Crippen LogP contribution is -2.31. The largest absolute Gasteiger partial charge is 0.383 e. The van der Waals surface area contributed by atoms with Gasteiger partial charge in [-0.25, -0.2) is 0 Å². The lowest BCUT2D eigenvalue weighted by Gasteiger charge is -2.22. The van der Waals surface area contributed by atoms with E-state index in [-0.39, 0.29) is 5.91 Å². The van der Waals surface area contributed by atoms with Crippen molar-refractivity contribution in [1.82, 2.24) is 9.47 Å². The van der Waals surface area contributed by atoms with Gasteiger partial charge in [-0.1, -0.05) is 55.4 Å². The summed E-state index contributed by atoms with van der Waals surface area (Å²) in [7, 11) is 1.63. The van der Waals surface area contributed by atoms with Gasteiger partial charge in [0.05, 0.1) is 18.1 Å². The van der Waals surface area contributed by atoms with Gasteiger partial charge in [0.25, 0.3) is 5.91 Å².